The molecule has 4 nitrogen and oxygen atoms in total. The highest BCUT2D eigenvalue weighted by molar-refractivity contribution is 7.98. The lowest BCUT2D eigenvalue weighted by molar-refractivity contribution is -0.121. The lowest BCUT2D eigenvalue weighted by Gasteiger charge is -2.28. The van der Waals surface area contributed by atoms with Gasteiger partial charge in [-0.2, -0.15) is 0 Å². The third-order valence-corrected chi connectivity index (χ3v) is 6.97. The quantitative estimate of drug-likeness (QED) is 0.602. The van der Waals surface area contributed by atoms with E-state index in [1.807, 2.05) is 43.5 Å². The van der Waals surface area contributed by atoms with Crippen LogP contribution in [0.5, 0.6) is 0 Å². The molecule has 27 heavy (non-hydrogen) atoms. The topological polar surface area (TPSA) is 45.2 Å². The molecule has 0 spiro atoms. The third kappa shape index (κ3) is 3.88. The average Bonchev–Trinajstić information content (AvgIpc) is 3.34. The summed E-state index contributed by atoms with van der Waals surface area (Å²) in [6.45, 7) is 2.93. The molecule has 1 saturated heterocycles. The SMILES string of the molecule is CSc1cccc(NC(=O)C(C)N2CCCC2c2nc3ccccc3s2)c1. The molecule has 1 aliphatic rings. The number of anilines is 1. The van der Waals surface area contributed by atoms with Crippen molar-refractivity contribution >= 4 is 44.9 Å². The minimum atomic E-state index is -0.192. The van der Waals surface area contributed by atoms with Crippen LogP contribution in [0.1, 0.15) is 30.8 Å². The van der Waals surface area contributed by atoms with Gasteiger partial charge in [0, 0.05) is 10.6 Å². The van der Waals surface area contributed by atoms with Gasteiger partial charge in [0.25, 0.3) is 0 Å². The summed E-state index contributed by atoms with van der Waals surface area (Å²) in [7, 11) is 0. The second kappa shape index (κ2) is 8.00. The Morgan fingerprint density at radius 3 is 2.96 bits per heavy atom. The Morgan fingerprint density at radius 1 is 1.30 bits per heavy atom. The molecule has 0 bridgehead atoms. The number of nitrogens with zero attached hydrogens (tertiary/aromatic N) is 2. The average molecular weight is 398 g/mol. The molecule has 0 saturated carbocycles. The molecule has 0 aliphatic carbocycles. The van der Waals surface area contributed by atoms with Gasteiger partial charge >= 0.3 is 0 Å². The Labute approximate surface area is 168 Å². The van der Waals surface area contributed by atoms with Gasteiger partial charge in [0.2, 0.25) is 5.91 Å². The molecular formula is C21H23N3OS2. The molecule has 140 valence electrons. The zero-order valence-corrected chi connectivity index (χ0v) is 17.1. The summed E-state index contributed by atoms with van der Waals surface area (Å²) >= 11 is 3.42. The number of rotatable bonds is 5. The predicted octanol–water partition coefficient (Wildman–Crippen LogP) is 5.18. The van der Waals surface area contributed by atoms with Gasteiger partial charge in [0.15, 0.2) is 0 Å². The summed E-state index contributed by atoms with van der Waals surface area (Å²) in [4.78, 5) is 21.2. The summed E-state index contributed by atoms with van der Waals surface area (Å²) < 4.78 is 1.21. The van der Waals surface area contributed by atoms with Crippen molar-refractivity contribution < 1.29 is 4.79 Å². The van der Waals surface area contributed by atoms with Crippen molar-refractivity contribution in [2.45, 2.75) is 36.7 Å². The van der Waals surface area contributed by atoms with Gasteiger partial charge in [0.1, 0.15) is 5.01 Å². The fourth-order valence-electron chi connectivity index (χ4n) is 3.65. The minimum Gasteiger partial charge on any atom is -0.325 e. The van der Waals surface area contributed by atoms with E-state index in [0.29, 0.717) is 0 Å². The fourth-order valence-corrected chi connectivity index (χ4v) is 5.23. The van der Waals surface area contributed by atoms with Crippen molar-refractivity contribution in [1.29, 1.82) is 0 Å². The van der Waals surface area contributed by atoms with Gasteiger partial charge in [-0.15, -0.1) is 23.1 Å². The molecule has 1 fully saturated rings. The van der Waals surface area contributed by atoms with Crippen LogP contribution < -0.4 is 5.32 Å². The first-order valence-electron chi connectivity index (χ1n) is 9.22. The summed E-state index contributed by atoms with van der Waals surface area (Å²) in [6, 6.07) is 16.3. The van der Waals surface area contributed by atoms with Gasteiger partial charge in [-0.05, 0) is 62.9 Å². The van der Waals surface area contributed by atoms with E-state index in [2.05, 4.69) is 28.4 Å². The zero-order valence-electron chi connectivity index (χ0n) is 15.5. The number of amides is 1. The van der Waals surface area contributed by atoms with Crippen LogP contribution in [0.25, 0.3) is 10.2 Å². The van der Waals surface area contributed by atoms with Crippen molar-refractivity contribution in [3.63, 3.8) is 0 Å². The summed E-state index contributed by atoms with van der Waals surface area (Å²) in [6.07, 6.45) is 4.19. The maximum absolute atomic E-state index is 12.9. The standard InChI is InChI=1S/C21H23N3OS2/c1-14(20(25)22-15-7-5-8-16(13-15)26-2)24-12-6-10-18(24)21-23-17-9-3-4-11-19(17)27-21/h3-5,7-9,11,13-14,18H,6,10,12H2,1-2H3,(H,22,25). The Kier molecular flexibility index (Phi) is 5.48. The van der Waals surface area contributed by atoms with Crippen molar-refractivity contribution in [3.8, 4) is 0 Å². The summed E-state index contributed by atoms with van der Waals surface area (Å²) in [5, 5.41) is 4.20. The number of para-hydroxylation sites is 1. The fraction of sp³-hybridized carbons (Fsp3) is 0.333. The largest absolute Gasteiger partial charge is 0.325 e. The van der Waals surface area contributed by atoms with E-state index >= 15 is 0 Å². The van der Waals surface area contributed by atoms with Crippen LogP contribution in [0, 0.1) is 0 Å². The van der Waals surface area contributed by atoms with Gasteiger partial charge in [-0.3, -0.25) is 9.69 Å². The van der Waals surface area contributed by atoms with Crippen LogP contribution in [0.2, 0.25) is 0 Å². The number of carbonyl (C=O) groups is 1. The minimum absolute atomic E-state index is 0.0428. The molecule has 4 rings (SSSR count). The molecule has 1 aliphatic heterocycles. The van der Waals surface area contributed by atoms with Crippen LogP contribution in [0.4, 0.5) is 5.69 Å². The smallest absolute Gasteiger partial charge is 0.241 e. The van der Waals surface area contributed by atoms with Crippen LogP contribution >= 0.6 is 23.1 Å². The molecule has 1 aromatic heterocycles. The molecule has 1 amide bonds. The van der Waals surface area contributed by atoms with Crippen LogP contribution in [-0.4, -0.2) is 34.6 Å². The van der Waals surface area contributed by atoms with E-state index in [1.54, 1.807) is 23.1 Å². The first kappa shape index (κ1) is 18.5. The number of benzene rings is 2. The van der Waals surface area contributed by atoms with E-state index in [4.69, 9.17) is 4.98 Å². The van der Waals surface area contributed by atoms with Crippen molar-refractivity contribution in [3.05, 3.63) is 53.5 Å². The maximum Gasteiger partial charge on any atom is 0.241 e. The number of hydrogen-bond acceptors (Lipinski definition) is 5. The second-order valence-electron chi connectivity index (χ2n) is 6.81. The van der Waals surface area contributed by atoms with Crippen molar-refractivity contribution in [2.24, 2.45) is 0 Å². The number of aromatic nitrogens is 1. The van der Waals surface area contributed by atoms with E-state index in [1.165, 1.54) is 4.70 Å². The Hall–Kier alpha value is -1.89. The summed E-state index contributed by atoms with van der Waals surface area (Å²) in [5.74, 6) is 0.0428. The number of thioether (sulfide) groups is 1. The second-order valence-corrected chi connectivity index (χ2v) is 8.75. The molecule has 1 N–H and O–H groups in total. The number of hydrogen-bond donors (Lipinski definition) is 1. The summed E-state index contributed by atoms with van der Waals surface area (Å²) in [5.41, 5.74) is 1.91. The number of nitrogens with one attached hydrogen (secondary N) is 1. The number of thiazole rings is 1. The Morgan fingerprint density at radius 2 is 2.15 bits per heavy atom. The molecular weight excluding hydrogens is 374 g/mol. The first-order chi connectivity index (χ1) is 13.2. The molecule has 0 radical (unpaired) electrons. The van der Waals surface area contributed by atoms with E-state index < -0.39 is 0 Å². The molecule has 2 heterocycles. The Bertz CT molecular complexity index is 922. The van der Waals surface area contributed by atoms with Gasteiger partial charge < -0.3 is 5.32 Å². The molecule has 2 aromatic carbocycles. The van der Waals surface area contributed by atoms with Gasteiger partial charge in [-0.1, -0.05) is 18.2 Å². The number of carbonyl (C=O) groups excluding carboxylic acids is 1. The van der Waals surface area contributed by atoms with Crippen molar-refractivity contribution in [2.75, 3.05) is 18.1 Å². The number of likely N-dealkylation sites (tertiary alicyclic amines) is 1. The maximum atomic E-state index is 12.9. The molecule has 6 heteroatoms. The lowest BCUT2D eigenvalue weighted by atomic mass is 10.2. The highest BCUT2D eigenvalue weighted by Crippen LogP contribution is 2.37. The van der Waals surface area contributed by atoms with Gasteiger partial charge in [0.05, 0.1) is 22.3 Å². The molecule has 3 aromatic rings. The Balaban J connectivity index is 1.51. The highest BCUT2D eigenvalue weighted by atomic mass is 32.2. The van der Waals surface area contributed by atoms with Crippen molar-refractivity contribution in [1.82, 2.24) is 9.88 Å². The van der Waals surface area contributed by atoms with Crippen LogP contribution in [0.3, 0.4) is 0 Å². The van der Waals surface area contributed by atoms with Gasteiger partial charge in [-0.25, -0.2) is 4.98 Å². The number of fused-ring (bicyclic) bond motifs is 1. The van der Waals surface area contributed by atoms with Crippen LogP contribution in [0.15, 0.2) is 53.4 Å². The molecule has 2 unspecified atom stereocenters. The predicted molar refractivity (Wildman–Crippen MR) is 115 cm³/mol. The molecule has 2 atom stereocenters. The monoisotopic (exact) mass is 397 g/mol. The zero-order chi connectivity index (χ0) is 18.8. The third-order valence-electron chi connectivity index (χ3n) is 5.10. The van der Waals surface area contributed by atoms with Crippen LogP contribution in [-0.2, 0) is 4.79 Å². The highest BCUT2D eigenvalue weighted by Gasteiger charge is 2.34. The van der Waals surface area contributed by atoms with E-state index in [-0.39, 0.29) is 18.0 Å². The van der Waals surface area contributed by atoms with E-state index in [0.717, 1.165) is 40.5 Å². The lowest BCUT2D eigenvalue weighted by Crippen LogP contribution is -2.41. The normalized spacial score (nSPS) is 18.7. The first-order valence-corrected chi connectivity index (χ1v) is 11.3. The van der Waals surface area contributed by atoms with E-state index in [9.17, 15) is 4.79 Å².